The van der Waals surface area contributed by atoms with Crippen molar-refractivity contribution in [1.29, 1.82) is 0 Å². The lowest BCUT2D eigenvalue weighted by Crippen LogP contribution is -2.51. The van der Waals surface area contributed by atoms with E-state index in [1.54, 1.807) is 12.0 Å². The van der Waals surface area contributed by atoms with Crippen molar-refractivity contribution in [1.82, 2.24) is 14.7 Å². The Balaban J connectivity index is 1.36. The molecule has 8 heteroatoms. The normalized spacial score (nSPS) is 20.8. The highest BCUT2D eigenvalue weighted by molar-refractivity contribution is 7.91. The average Bonchev–Trinajstić information content (AvgIpc) is 3.19. The Morgan fingerprint density at radius 2 is 1.76 bits per heavy atom. The van der Waals surface area contributed by atoms with Crippen molar-refractivity contribution in [2.75, 3.05) is 51.3 Å². The molecular formula is C26H35N3O4S. The lowest BCUT2D eigenvalue weighted by Gasteiger charge is -2.36. The maximum Gasteiger partial charge on any atom is 0.237 e. The number of piperazine rings is 1. The number of benzene rings is 2. The van der Waals surface area contributed by atoms with Crippen molar-refractivity contribution in [3.05, 3.63) is 65.2 Å². The molecule has 1 atom stereocenters. The molecule has 2 aliphatic rings. The SMILES string of the molecule is COc1ccc(C)cc1CN1CCN(CC(=O)N(Cc2ccccc2)[C@H]2CCS(=O)(=O)C2)CC1. The Morgan fingerprint density at radius 3 is 2.41 bits per heavy atom. The molecule has 0 unspecified atom stereocenters. The van der Waals surface area contributed by atoms with Gasteiger partial charge in [0.1, 0.15) is 5.75 Å². The summed E-state index contributed by atoms with van der Waals surface area (Å²) in [6.45, 7) is 7.06. The van der Waals surface area contributed by atoms with E-state index < -0.39 is 9.84 Å². The van der Waals surface area contributed by atoms with Crippen LogP contribution in [0.25, 0.3) is 0 Å². The number of ether oxygens (including phenoxy) is 1. The number of carbonyl (C=O) groups excluding carboxylic acids is 1. The summed E-state index contributed by atoms with van der Waals surface area (Å²) in [5, 5.41) is 0. The van der Waals surface area contributed by atoms with Gasteiger partial charge in [-0.25, -0.2) is 8.42 Å². The van der Waals surface area contributed by atoms with E-state index >= 15 is 0 Å². The molecule has 2 saturated heterocycles. The second kappa shape index (κ2) is 10.9. The van der Waals surface area contributed by atoms with Gasteiger partial charge in [-0.2, -0.15) is 0 Å². The van der Waals surface area contributed by atoms with E-state index in [0.29, 0.717) is 19.5 Å². The number of methoxy groups -OCH3 is 1. The number of nitrogens with zero attached hydrogens (tertiary/aromatic N) is 3. The largest absolute Gasteiger partial charge is 0.496 e. The molecular weight excluding hydrogens is 450 g/mol. The smallest absolute Gasteiger partial charge is 0.237 e. The van der Waals surface area contributed by atoms with Crippen molar-refractivity contribution in [3.8, 4) is 5.75 Å². The van der Waals surface area contributed by atoms with E-state index in [9.17, 15) is 13.2 Å². The Labute approximate surface area is 203 Å². The van der Waals surface area contributed by atoms with Gasteiger partial charge in [0, 0.05) is 50.9 Å². The summed E-state index contributed by atoms with van der Waals surface area (Å²) in [7, 11) is -1.37. The van der Waals surface area contributed by atoms with E-state index in [-0.39, 0.29) is 23.5 Å². The average molecular weight is 486 g/mol. The summed E-state index contributed by atoms with van der Waals surface area (Å²) >= 11 is 0. The van der Waals surface area contributed by atoms with Crippen LogP contribution < -0.4 is 4.74 Å². The van der Waals surface area contributed by atoms with Crippen LogP contribution in [0, 0.1) is 6.92 Å². The Morgan fingerprint density at radius 1 is 1.06 bits per heavy atom. The van der Waals surface area contributed by atoms with Crippen LogP contribution in [0.3, 0.4) is 0 Å². The highest BCUT2D eigenvalue weighted by Crippen LogP contribution is 2.23. The first-order chi connectivity index (χ1) is 16.3. The van der Waals surface area contributed by atoms with Gasteiger partial charge in [0.05, 0.1) is 25.2 Å². The standard InChI is InChI=1S/C26H35N3O4S/c1-21-8-9-25(33-2)23(16-21)18-27-11-13-28(14-12-27)19-26(30)29(17-22-6-4-3-5-7-22)24-10-15-34(31,32)20-24/h3-9,16,24H,10-15,17-20H2,1-2H3/t24-/m0/s1. The second-order valence-electron chi connectivity index (χ2n) is 9.43. The quantitative estimate of drug-likeness (QED) is 0.572. The molecule has 2 heterocycles. The maximum absolute atomic E-state index is 13.4. The molecule has 34 heavy (non-hydrogen) atoms. The van der Waals surface area contributed by atoms with Crippen LogP contribution in [0.2, 0.25) is 0 Å². The van der Waals surface area contributed by atoms with E-state index in [1.807, 2.05) is 36.4 Å². The zero-order valence-electron chi connectivity index (χ0n) is 20.2. The number of hydrogen-bond acceptors (Lipinski definition) is 6. The summed E-state index contributed by atoms with van der Waals surface area (Å²) in [5.74, 6) is 1.15. The summed E-state index contributed by atoms with van der Waals surface area (Å²) in [5.41, 5.74) is 3.42. The third kappa shape index (κ3) is 6.37. The Bertz CT molecular complexity index is 1080. The number of amides is 1. The molecule has 0 aromatic heterocycles. The van der Waals surface area contributed by atoms with Gasteiger partial charge < -0.3 is 9.64 Å². The van der Waals surface area contributed by atoms with Crippen molar-refractivity contribution < 1.29 is 17.9 Å². The third-order valence-corrected chi connectivity index (χ3v) is 8.57. The molecule has 4 rings (SSSR count). The van der Waals surface area contributed by atoms with Crippen molar-refractivity contribution >= 4 is 15.7 Å². The van der Waals surface area contributed by atoms with Gasteiger partial charge in [-0.05, 0) is 25.0 Å². The molecule has 2 aromatic carbocycles. The molecule has 0 bridgehead atoms. The van der Waals surface area contributed by atoms with Crippen LogP contribution in [0.4, 0.5) is 0 Å². The topological polar surface area (TPSA) is 70.2 Å². The highest BCUT2D eigenvalue weighted by Gasteiger charge is 2.35. The minimum atomic E-state index is -3.07. The van der Waals surface area contributed by atoms with Crippen molar-refractivity contribution in [2.24, 2.45) is 0 Å². The summed E-state index contributed by atoms with van der Waals surface area (Å²) in [6, 6.07) is 15.8. The molecule has 1 amide bonds. The van der Waals surface area contributed by atoms with Gasteiger partial charge >= 0.3 is 0 Å². The third-order valence-electron chi connectivity index (χ3n) is 6.82. The molecule has 0 radical (unpaired) electrons. The summed E-state index contributed by atoms with van der Waals surface area (Å²) in [6.07, 6.45) is 0.521. The van der Waals surface area contributed by atoms with Crippen molar-refractivity contribution in [3.63, 3.8) is 0 Å². The minimum Gasteiger partial charge on any atom is -0.496 e. The van der Waals surface area contributed by atoms with Crippen LogP contribution in [-0.4, -0.2) is 86.4 Å². The molecule has 0 aliphatic carbocycles. The predicted molar refractivity (Wildman–Crippen MR) is 133 cm³/mol. The van der Waals surface area contributed by atoms with Gasteiger partial charge in [0.25, 0.3) is 0 Å². The van der Waals surface area contributed by atoms with E-state index in [0.717, 1.165) is 44.0 Å². The van der Waals surface area contributed by atoms with Gasteiger partial charge in [-0.1, -0.05) is 48.0 Å². The predicted octanol–water partition coefficient (Wildman–Crippen LogP) is 2.34. The molecule has 184 valence electrons. The number of rotatable bonds is 8. The molecule has 0 N–H and O–H groups in total. The second-order valence-corrected chi connectivity index (χ2v) is 11.7. The zero-order chi connectivity index (χ0) is 24.1. The number of sulfone groups is 1. The van der Waals surface area contributed by atoms with Gasteiger partial charge in [0.15, 0.2) is 9.84 Å². The van der Waals surface area contributed by atoms with Gasteiger partial charge in [0.2, 0.25) is 5.91 Å². The van der Waals surface area contributed by atoms with Crippen LogP contribution in [0.15, 0.2) is 48.5 Å². The van der Waals surface area contributed by atoms with E-state index in [4.69, 9.17) is 4.74 Å². The molecule has 2 fully saturated rings. The molecule has 7 nitrogen and oxygen atoms in total. The highest BCUT2D eigenvalue weighted by atomic mass is 32.2. The lowest BCUT2D eigenvalue weighted by molar-refractivity contribution is -0.135. The lowest BCUT2D eigenvalue weighted by atomic mass is 10.1. The van der Waals surface area contributed by atoms with Crippen molar-refractivity contribution in [2.45, 2.75) is 32.5 Å². The molecule has 2 aromatic rings. The van der Waals surface area contributed by atoms with Crippen LogP contribution in [-0.2, 0) is 27.7 Å². The first kappa shape index (κ1) is 24.7. The van der Waals surface area contributed by atoms with Gasteiger partial charge in [-0.3, -0.25) is 14.6 Å². The van der Waals surface area contributed by atoms with Crippen LogP contribution in [0.5, 0.6) is 5.75 Å². The van der Waals surface area contributed by atoms with Crippen LogP contribution in [0.1, 0.15) is 23.1 Å². The Hall–Kier alpha value is -2.42. The molecule has 0 spiro atoms. The fraction of sp³-hybridized carbons (Fsp3) is 0.500. The fourth-order valence-corrected chi connectivity index (χ4v) is 6.61. The maximum atomic E-state index is 13.4. The number of hydrogen-bond donors (Lipinski definition) is 0. The fourth-order valence-electron chi connectivity index (χ4n) is 4.88. The summed E-state index contributed by atoms with van der Waals surface area (Å²) < 4.78 is 29.7. The van der Waals surface area contributed by atoms with Crippen LogP contribution >= 0.6 is 0 Å². The minimum absolute atomic E-state index is 0.0137. The number of carbonyl (C=O) groups is 1. The first-order valence-corrected chi connectivity index (χ1v) is 13.8. The molecule has 0 saturated carbocycles. The van der Waals surface area contributed by atoms with E-state index in [2.05, 4.69) is 28.9 Å². The monoisotopic (exact) mass is 485 g/mol. The number of aryl methyl sites for hydroxylation is 1. The zero-order valence-corrected chi connectivity index (χ0v) is 21.0. The summed E-state index contributed by atoms with van der Waals surface area (Å²) in [4.78, 5) is 19.7. The Kier molecular flexibility index (Phi) is 7.91. The first-order valence-electron chi connectivity index (χ1n) is 11.9. The molecule has 2 aliphatic heterocycles. The van der Waals surface area contributed by atoms with Gasteiger partial charge in [-0.15, -0.1) is 0 Å². The van der Waals surface area contributed by atoms with E-state index in [1.165, 1.54) is 11.1 Å².